The van der Waals surface area contributed by atoms with Crippen LogP contribution in [0.3, 0.4) is 0 Å². The summed E-state index contributed by atoms with van der Waals surface area (Å²) in [6.45, 7) is 0. The van der Waals surface area contributed by atoms with Crippen molar-refractivity contribution in [3.05, 3.63) is 24.0 Å². The van der Waals surface area contributed by atoms with Gasteiger partial charge in [0, 0.05) is 19.2 Å². The molecule has 13 heavy (non-hydrogen) atoms. The molecule has 0 spiro atoms. The molecule has 0 aromatic carbocycles. The summed E-state index contributed by atoms with van der Waals surface area (Å²) in [5.41, 5.74) is 0.844. The van der Waals surface area contributed by atoms with Gasteiger partial charge in [-0.3, -0.25) is 9.48 Å². The molecular formula is C10H12N2O. The van der Waals surface area contributed by atoms with Gasteiger partial charge in [0.1, 0.15) is 0 Å². The van der Waals surface area contributed by atoms with Crippen molar-refractivity contribution in [2.75, 3.05) is 0 Å². The maximum absolute atomic E-state index is 11.3. The molecule has 0 atom stereocenters. The minimum Gasteiger partial charge on any atom is -0.295 e. The molecule has 1 aliphatic rings. The summed E-state index contributed by atoms with van der Waals surface area (Å²) < 4.78 is 1.72. The molecule has 1 heterocycles. The molecule has 2 rings (SSSR count). The average molecular weight is 176 g/mol. The Labute approximate surface area is 77.1 Å². The van der Waals surface area contributed by atoms with Crippen LogP contribution in [-0.2, 0) is 11.8 Å². The van der Waals surface area contributed by atoms with E-state index in [-0.39, 0.29) is 5.78 Å². The summed E-state index contributed by atoms with van der Waals surface area (Å²) in [6.07, 6.45) is 7.40. The minimum absolute atomic E-state index is 0.241. The zero-order valence-corrected chi connectivity index (χ0v) is 7.60. The number of carbonyl (C=O) groups excluding carboxylic acids is 1. The van der Waals surface area contributed by atoms with Gasteiger partial charge in [-0.05, 0) is 31.1 Å². The molecule has 1 saturated carbocycles. The Morgan fingerprint density at radius 1 is 1.69 bits per heavy atom. The number of nitrogens with zero attached hydrogens (tertiary/aromatic N) is 2. The highest BCUT2D eigenvalue weighted by Gasteiger charge is 2.27. The van der Waals surface area contributed by atoms with Crippen molar-refractivity contribution < 1.29 is 4.79 Å². The van der Waals surface area contributed by atoms with E-state index in [1.54, 1.807) is 16.8 Å². The Kier molecular flexibility index (Phi) is 2.00. The van der Waals surface area contributed by atoms with Crippen molar-refractivity contribution in [3.8, 4) is 0 Å². The van der Waals surface area contributed by atoms with Crippen LogP contribution in [0.4, 0.5) is 0 Å². The highest BCUT2D eigenvalue weighted by molar-refractivity contribution is 5.96. The Morgan fingerprint density at radius 2 is 2.46 bits per heavy atom. The Balaban J connectivity index is 2.00. The first-order chi connectivity index (χ1) is 6.25. The zero-order chi connectivity index (χ0) is 9.26. The molecular weight excluding hydrogens is 164 g/mol. The minimum atomic E-state index is 0.241. The first kappa shape index (κ1) is 8.23. The van der Waals surface area contributed by atoms with Crippen molar-refractivity contribution in [2.45, 2.75) is 12.8 Å². The van der Waals surface area contributed by atoms with Crippen molar-refractivity contribution in [2.24, 2.45) is 13.0 Å². The van der Waals surface area contributed by atoms with E-state index < -0.39 is 0 Å². The molecule has 0 unspecified atom stereocenters. The van der Waals surface area contributed by atoms with Crippen LogP contribution in [0.5, 0.6) is 0 Å². The fraction of sp³-hybridized carbons (Fsp3) is 0.400. The van der Waals surface area contributed by atoms with Gasteiger partial charge in [-0.1, -0.05) is 0 Å². The van der Waals surface area contributed by atoms with Crippen LogP contribution in [0.1, 0.15) is 18.5 Å². The van der Waals surface area contributed by atoms with E-state index in [4.69, 9.17) is 0 Å². The maximum atomic E-state index is 11.3. The molecule has 3 nitrogen and oxygen atoms in total. The number of hydrogen-bond acceptors (Lipinski definition) is 2. The lowest BCUT2D eigenvalue weighted by Gasteiger charge is -1.86. The number of allylic oxidation sites excluding steroid dienone is 1. The maximum Gasteiger partial charge on any atom is 0.158 e. The third-order valence-corrected chi connectivity index (χ3v) is 2.13. The van der Waals surface area contributed by atoms with E-state index in [0.29, 0.717) is 5.92 Å². The van der Waals surface area contributed by atoms with Crippen LogP contribution >= 0.6 is 0 Å². The van der Waals surface area contributed by atoms with Crippen LogP contribution in [-0.4, -0.2) is 15.6 Å². The van der Waals surface area contributed by atoms with E-state index in [0.717, 1.165) is 18.5 Å². The number of aryl methyl sites for hydroxylation is 1. The first-order valence-corrected chi connectivity index (χ1v) is 4.47. The normalized spacial score (nSPS) is 16.7. The number of rotatable bonds is 3. The fourth-order valence-corrected chi connectivity index (χ4v) is 1.19. The molecule has 3 heteroatoms. The highest BCUT2D eigenvalue weighted by atomic mass is 16.1. The Hall–Kier alpha value is -1.38. The molecule has 0 N–H and O–H groups in total. The SMILES string of the molecule is Cn1ccc(/C=C/C(=O)C2CC2)n1. The van der Waals surface area contributed by atoms with E-state index in [9.17, 15) is 4.79 Å². The summed E-state index contributed by atoms with van der Waals surface area (Å²) in [7, 11) is 1.86. The molecule has 1 aromatic heterocycles. The first-order valence-electron chi connectivity index (χ1n) is 4.47. The lowest BCUT2D eigenvalue weighted by atomic mass is 10.2. The van der Waals surface area contributed by atoms with Crippen LogP contribution in [0.15, 0.2) is 18.3 Å². The summed E-state index contributed by atoms with van der Waals surface area (Å²) in [4.78, 5) is 11.3. The van der Waals surface area contributed by atoms with Gasteiger partial charge >= 0.3 is 0 Å². The molecule has 1 aliphatic carbocycles. The number of ketones is 1. The second kappa shape index (κ2) is 3.17. The molecule has 0 bridgehead atoms. The lowest BCUT2D eigenvalue weighted by Crippen LogP contribution is -1.93. The molecule has 0 radical (unpaired) electrons. The van der Waals surface area contributed by atoms with Gasteiger partial charge in [-0.2, -0.15) is 5.10 Å². The summed E-state index contributed by atoms with van der Waals surface area (Å²) in [5.74, 6) is 0.547. The van der Waals surface area contributed by atoms with E-state index in [1.807, 2.05) is 19.3 Å². The summed E-state index contributed by atoms with van der Waals surface area (Å²) in [6, 6.07) is 1.89. The quantitative estimate of drug-likeness (QED) is 0.653. The highest BCUT2D eigenvalue weighted by Crippen LogP contribution is 2.30. The predicted molar refractivity (Wildman–Crippen MR) is 50.0 cm³/mol. The average Bonchev–Trinajstić information content (AvgIpc) is 2.87. The summed E-state index contributed by atoms with van der Waals surface area (Å²) >= 11 is 0. The lowest BCUT2D eigenvalue weighted by molar-refractivity contribution is -0.115. The number of carbonyl (C=O) groups is 1. The second-order valence-corrected chi connectivity index (χ2v) is 3.42. The summed E-state index contributed by atoms with van der Waals surface area (Å²) in [5, 5.41) is 4.14. The topological polar surface area (TPSA) is 34.9 Å². The van der Waals surface area contributed by atoms with E-state index in [1.165, 1.54) is 0 Å². The molecule has 0 saturated heterocycles. The van der Waals surface area contributed by atoms with Crippen molar-refractivity contribution >= 4 is 11.9 Å². The molecule has 0 aliphatic heterocycles. The predicted octanol–water partition coefficient (Wildman–Crippen LogP) is 1.41. The zero-order valence-electron chi connectivity index (χ0n) is 7.60. The van der Waals surface area contributed by atoms with Gasteiger partial charge < -0.3 is 0 Å². The fourth-order valence-electron chi connectivity index (χ4n) is 1.19. The number of aromatic nitrogens is 2. The second-order valence-electron chi connectivity index (χ2n) is 3.42. The van der Waals surface area contributed by atoms with Crippen molar-refractivity contribution in [1.82, 2.24) is 9.78 Å². The number of hydrogen-bond donors (Lipinski definition) is 0. The standard InChI is InChI=1S/C10H12N2O/c1-12-7-6-9(11-12)4-5-10(13)8-2-3-8/h4-8H,2-3H2,1H3/b5-4+. The Morgan fingerprint density at radius 3 is 3.00 bits per heavy atom. The van der Waals surface area contributed by atoms with Crippen LogP contribution in [0.25, 0.3) is 6.08 Å². The van der Waals surface area contributed by atoms with Gasteiger partial charge in [-0.15, -0.1) is 0 Å². The largest absolute Gasteiger partial charge is 0.295 e. The molecule has 1 fully saturated rings. The van der Waals surface area contributed by atoms with Crippen molar-refractivity contribution in [1.29, 1.82) is 0 Å². The smallest absolute Gasteiger partial charge is 0.158 e. The van der Waals surface area contributed by atoms with Gasteiger partial charge in [0.15, 0.2) is 5.78 Å². The van der Waals surface area contributed by atoms with Gasteiger partial charge in [0.25, 0.3) is 0 Å². The van der Waals surface area contributed by atoms with Gasteiger partial charge in [0.2, 0.25) is 0 Å². The van der Waals surface area contributed by atoms with E-state index >= 15 is 0 Å². The van der Waals surface area contributed by atoms with Crippen LogP contribution in [0, 0.1) is 5.92 Å². The van der Waals surface area contributed by atoms with E-state index in [2.05, 4.69) is 5.10 Å². The van der Waals surface area contributed by atoms with Gasteiger partial charge in [0.05, 0.1) is 5.69 Å². The molecule has 1 aromatic rings. The van der Waals surface area contributed by atoms with Crippen molar-refractivity contribution in [3.63, 3.8) is 0 Å². The third kappa shape index (κ3) is 2.05. The van der Waals surface area contributed by atoms with Gasteiger partial charge in [-0.25, -0.2) is 0 Å². The molecule has 68 valence electrons. The van der Waals surface area contributed by atoms with Crippen LogP contribution < -0.4 is 0 Å². The third-order valence-electron chi connectivity index (χ3n) is 2.13. The Bertz CT molecular complexity index is 348. The van der Waals surface area contributed by atoms with Crippen LogP contribution in [0.2, 0.25) is 0 Å². The molecule has 0 amide bonds. The monoisotopic (exact) mass is 176 g/mol.